The fraction of sp³-hybridized carbons (Fsp3) is 0.350. The highest BCUT2D eigenvalue weighted by molar-refractivity contribution is 5.94. The van der Waals surface area contributed by atoms with Crippen LogP contribution in [0.25, 0.3) is 0 Å². The van der Waals surface area contributed by atoms with E-state index in [0.29, 0.717) is 17.2 Å². The number of rotatable bonds is 4. The van der Waals surface area contributed by atoms with Crippen molar-refractivity contribution in [3.63, 3.8) is 0 Å². The molecule has 4 nitrogen and oxygen atoms in total. The van der Waals surface area contributed by atoms with E-state index in [9.17, 15) is 9.18 Å². The third-order valence-electron chi connectivity index (χ3n) is 5.15. The highest BCUT2D eigenvalue weighted by Crippen LogP contribution is 2.28. The highest BCUT2D eigenvalue weighted by Gasteiger charge is 2.34. The maximum absolute atomic E-state index is 13.6. The van der Waals surface area contributed by atoms with E-state index < -0.39 is 5.82 Å². The first-order valence-corrected chi connectivity index (χ1v) is 8.75. The number of halogens is 1. The van der Waals surface area contributed by atoms with Crippen LogP contribution in [0.3, 0.4) is 0 Å². The van der Waals surface area contributed by atoms with Gasteiger partial charge in [0.05, 0.1) is 0 Å². The van der Waals surface area contributed by atoms with Crippen LogP contribution in [0.4, 0.5) is 4.39 Å². The Morgan fingerprint density at radius 2 is 1.80 bits per heavy atom. The van der Waals surface area contributed by atoms with Crippen LogP contribution in [0.2, 0.25) is 0 Å². The summed E-state index contributed by atoms with van der Waals surface area (Å²) in [5.41, 5.74) is 0.595. The molecule has 1 unspecified atom stereocenters. The Morgan fingerprint density at radius 1 is 1.08 bits per heavy atom. The van der Waals surface area contributed by atoms with Crippen molar-refractivity contribution in [3.8, 4) is 11.5 Å². The van der Waals surface area contributed by atoms with E-state index in [2.05, 4.69) is 10.2 Å². The lowest BCUT2D eigenvalue weighted by atomic mass is 9.84. The summed E-state index contributed by atoms with van der Waals surface area (Å²) >= 11 is 0. The molecule has 25 heavy (non-hydrogen) atoms. The van der Waals surface area contributed by atoms with Gasteiger partial charge in [-0.25, -0.2) is 4.39 Å². The molecule has 0 radical (unpaired) electrons. The molecule has 1 atom stereocenters. The van der Waals surface area contributed by atoms with Crippen molar-refractivity contribution in [2.75, 3.05) is 19.6 Å². The van der Waals surface area contributed by atoms with Crippen LogP contribution in [0.15, 0.2) is 48.5 Å². The number of fused-ring (bicyclic) bond motifs is 3. The van der Waals surface area contributed by atoms with Gasteiger partial charge in [-0.3, -0.25) is 4.79 Å². The van der Waals surface area contributed by atoms with Gasteiger partial charge in [0.2, 0.25) is 0 Å². The number of nitrogens with zero attached hydrogens (tertiary/aromatic N) is 1. The second kappa shape index (κ2) is 6.84. The maximum atomic E-state index is 13.6. The number of nitrogens with one attached hydrogen (secondary N) is 1. The fourth-order valence-corrected chi connectivity index (χ4v) is 3.71. The van der Waals surface area contributed by atoms with Crippen LogP contribution in [0.5, 0.6) is 11.5 Å². The lowest BCUT2D eigenvalue weighted by Crippen LogP contribution is -2.57. The second-order valence-electron chi connectivity index (χ2n) is 6.77. The monoisotopic (exact) mass is 340 g/mol. The average molecular weight is 340 g/mol. The minimum Gasteiger partial charge on any atom is -0.454 e. The van der Waals surface area contributed by atoms with E-state index in [1.54, 1.807) is 42.5 Å². The Hall–Kier alpha value is -2.40. The molecule has 1 amide bonds. The molecule has 2 aromatic rings. The molecule has 2 bridgehead atoms. The molecular weight excluding hydrogens is 319 g/mol. The predicted octanol–water partition coefficient (Wildman–Crippen LogP) is 3.44. The van der Waals surface area contributed by atoms with Crippen LogP contribution in [-0.4, -0.2) is 36.5 Å². The molecule has 3 fully saturated rings. The van der Waals surface area contributed by atoms with Gasteiger partial charge in [0.25, 0.3) is 5.91 Å². The summed E-state index contributed by atoms with van der Waals surface area (Å²) in [6, 6.07) is 13.3. The van der Waals surface area contributed by atoms with Crippen LogP contribution < -0.4 is 10.1 Å². The third kappa shape index (κ3) is 3.51. The summed E-state index contributed by atoms with van der Waals surface area (Å²) in [7, 11) is 0. The minimum atomic E-state index is -0.410. The Labute approximate surface area is 146 Å². The van der Waals surface area contributed by atoms with Crippen LogP contribution >= 0.6 is 0 Å². The number of para-hydroxylation sites is 1. The van der Waals surface area contributed by atoms with E-state index >= 15 is 0 Å². The number of carbonyl (C=O) groups is 1. The quantitative estimate of drug-likeness (QED) is 0.927. The van der Waals surface area contributed by atoms with Crippen molar-refractivity contribution in [1.29, 1.82) is 0 Å². The lowest BCUT2D eigenvalue weighted by Gasteiger charge is -2.44. The zero-order valence-electron chi connectivity index (χ0n) is 14.0. The molecule has 0 saturated carbocycles. The van der Waals surface area contributed by atoms with Crippen LogP contribution in [-0.2, 0) is 0 Å². The molecule has 130 valence electrons. The number of hydrogen-bond donors (Lipinski definition) is 1. The van der Waals surface area contributed by atoms with Gasteiger partial charge in [-0.15, -0.1) is 0 Å². The van der Waals surface area contributed by atoms with Crippen molar-refractivity contribution in [2.24, 2.45) is 5.92 Å². The molecule has 0 aromatic heterocycles. The van der Waals surface area contributed by atoms with E-state index in [-0.39, 0.29) is 17.7 Å². The van der Waals surface area contributed by atoms with E-state index in [1.165, 1.54) is 18.9 Å². The van der Waals surface area contributed by atoms with Crippen molar-refractivity contribution >= 4 is 5.91 Å². The Kier molecular flexibility index (Phi) is 4.40. The number of amides is 1. The van der Waals surface area contributed by atoms with E-state index in [1.807, 2.05) is 0 Å². The molecule has 5 rings (SSSR count). The molecule has 3 aliphatic heterocycles. The summed E-state index contributed by atoms with van der Waals surface area (Å²) in [5, 5.41) is 3.16. The molecule has 3 aliphatic rings. The summed E-state index contributed by atoms with van der Waals surface area (Å²) in [4.78, 5) is 14.9. The smallest absolute Gasteiger partial charge is 0.251 e. The van der Waals surface area contributed by atoms with Gasteiger partial charge < -0.3 is 15.0 Å². The van der Waals surface area contributed by atoms with Gasteiger partial charge >= 0.3 is 0 Å². The molecule has 2 aromatic carbocycles. The van der Waals surface area contributed by atoms with Crippen molar-refractivity contribution in [2.45, 2.75) is 18.9 Å². The van der Waals surface area contributed by atoms with Crippen LogP contribution in [0, 0.1) is 11.7 Å². The summed E-state index contributed by atoms with van der Waals surface area (Å²) in [6.07, 6.45) is 2.33. The van der Waals surface area contributed by atoms with Crippen LogP contribution in [0.1, 0.15) is 23.2 Å². The molecule has 0 aliphatic carbocycles. The van der Waals surface area contributed by atoms with Gasteiger partial charge in [-0.05, 0) is 68.2 Å². The number of ether oxygens (including phenoxy) is 1. The molecule has 0 spiro atoms. The molecule has 1 N–H and O–H groups in total. The first-order chi connectivity index (χ1) is 12.2. The van der Waals surface area contributed by atoms with Gasteiger partial charge in [-0.2, -0.15) is 0 Å². The highest BCUT2D eigenvalue weighted by atomic mass is 19.1. The fourth-order valence-electron chi connectivity index (χ4n) is 3.71. The number of carbonyl (C=O) groups excluding carboxylic acids is 1. The summed E-state index contributed by atoms with van der Waals surface area (Å²) in [5.74, 6) is 0.803. The number of benzene rings is 2. The summed E-state index contributed by atoms with van der Waals surface area (Å²) in [6.45, 7) is 3.25. The average Bonchev–Trinajstić information content (AvgIpc) is 2.65. The zero-order chi connectivity index (χ0) is 17.2. The van der Waals surface area contributed by atoms with Crippen molar-refractivity contribution in [3.05, 3.63) is 59.9 Å². The normalized spacial score (nSPS) is 24.8. The largest absolute Gasteiger partial charge is 0.454 e. The number of hydrogen-bond acceptors (Lipinski definition) is 3. The molecule has 5 heteroatoms. The second-order valence-corrected chi connectivity index (χ2v) is 6.77. The topological polar surface area (TPSA) is 41.6 Å². The standard InChI is InChI=1S/C20H21FN2O2/c21-17-3-1-2-4-19(17)25-16-7-5-15(6-8-16)20(24)22-18-13-23-11-9-14(18)10-12-23/h1-8,14,18H,9-13H2,(H,22,24). The van der Waals surface area contributed by atoms with Crippen molar-refractivity contribution < 1.29 is 13.9 Å². The van der Waals surface area contributed by atoms with Gasteiger partial charge in [0.1, 0.15) is 5.75 Å². The first-order valence-electron chi connectivity index (χ1n) is 8.75. The number of piperidine rings is 3. The molecule has 3 heterocycles. The van der Waals surface area contributed by atoms with E-state index in [4.69, 9.17) is 4.74 Å². The Balaban J connectivity index is 1.40. The Morgan fingerprint density at radius 3 is 2.44 bits per heavy atom. The molecule has 3 saturated heterocycles. The minimum absolute atomic E-state index is 0.0591. The molecular formula is C20H21FN2O2. The first kappa shape index (κ1) is 16.1. The maximum Gasteiger partial charge on any atom is 0.251 e. The van der Waals surface area contributed by atoms with E-state index in [0.717, 1.165) is 19.6 Å². The van der Waals surface area contributed by atoms with Gasteiger partial charge in [0, 0.05) is 18.2 Å². The van der Waals surface area contributed by atoms with Gasteiger partial charge in [0.15, 0.2) is 11.6 Å². The third-order valence-corrected chi connectivity index (χ3v) is 5.15. The van der Waals surface area contributed by atoms with Gasteiger partial charge in [-0.1, -0.05) is 12.1 Å². The lowest BCUT2D eigenvalue weighted by molar-refractivity contribution is 0.0620. The zero-order valence-corrected chi connectivity index (χ0v) is 14.0. The van der Waals surface area contributed by atoms with Crippen molar-refractivity contribution in [1.82, 2.24) is 10.2 Å². The Bertz CT molecular complexity index is 755. The predicted molar refractivity (Wildman–Crippen MR) is 93.3 cm³/mol. The SMILES string of the molecule is O=C(NC1CN2CCC1CC2)c1ccc(Oc2ccccc2F)cc1. The summed E-state index contributed by atoms with van der Waals surface area (Å²) < 4.78 is 19.1.